The van der Waals surface area contributed by atoms with Gasteiger partial charge in [-0.2, -0.15) is 8.78 Å². The Bertz CT molecular complexity index is 499. The third kappa shape index (κ3) is 6.29. The molecule has 0 radical (unpaired) electrons. The van der Waals surface area contributed by atoms with E-state index in [2.05, 4.69) is 15.4 Å². The van der Waals surface area contributed by atoms with Crippen LogP contribution in [0.25, 0.3) is 0 Å². The van der Waals surface area contributed by atoms with E-state index in [9.17, 15) is 13.6 Å². The Balaban J connectivity index is 0.00000264. The van der Waals surface area contributed by atoms with Gasteiger partial charge in [0.1, 0.15) is 5.75 Å². The largest absolute Gasteiger partial charge is 0.434 e. The van der Waals surface area contributed by atoms with Crippen molar-refractivity contribution in [1.82, 2.24) is 10.6 Å². The first kappa shape index (κ1) is 19.6. The quantitative estimate of drug-likeness (QED) is 0.826. The molecule has 1 heterocycles. The van der Waals surface area contributed by atoms with Gasteiger partial charge in [-0.25, -0.2) is 0 Å². The molecule has 5 nitrogen and oxygen atoms in total. The van der Waals surface area contributed by atoms with Crippen LogP contribution in [0.4, 0.5) is 8.78 Å². The van der Waals surface area contributed by atoms with Gasteiger partial charge in [0.05, 0.1) is 25.2 Å². The first-order valence-corrected chi connectivity index (χ1v) is 7.21. The Morgan fingerprint density at radius 1 is 1.48 bits per heavy atom. The minimum Gasteiger partial charge on any atom is -0.434 e. The van der Waals surface area contributed by atoms with Crippen LogP contribution in [-0.4, -0.2) is 38.3 Å². The van der Waals surface area contributed by atoms with Gasteiger partial charge in [-0.05, 0) is 13.0 Å². The standard InChI is InChI=1S/C15H20F2N2O3.ClH/c1-10(12-4-2-3-5-13(12)22-15(16)17)19-14(20)8-11-9-18-6-7-21-11;/h2-5,10-11,15,18H,6-9H2,1H3,(H,19,20);1H. The van der Waals surface area contributed by atoms with Crippen molar-refractivity contribution < 1.29 is 23.0 Å². The normalized spacial score (nSPS) is 18.9. The van der Waals surface area contributed by atoms with Crippen LogP contribution in [0.3, 0.4) is 0 Å². The highest BCUT2D eigenvalue weighted by Crippen LogP contribution is 2.26. The molecule has 1 amide bonds. The fourth-order valence-electron chi connectivity index (χ4n) is 2.38. The molecule has 0 saturated carbocycles. The summed E-state index contributed by atoms with van der Waals surface area (Å²) in [4.78, 5) is 12.0. The van der Waals surface area contributed by atoms with Gasteiger partial charge in [-0.15, -0.1) is 12.4 Å². The van der Waals surface area contributed by atoms with Gasteiger partial charge in [-0.3, -0.25) is 4.79 Å². The van der Waals surface area contributed by atoms with Gasteiger partial charge in [0.2, 0.25) is 5.91 Å². The second-order valence-electron chi connectivity index (χ2n) is 5.11. The van der Waals surface area contributed by atoms with E-state index in [1.807, 2.05) is 0 Å². The van der Waals surface area contributed by atoms with Crippen LogP contribution in [-0.2, 0) is 9.53 Å². The Morgan fingerprint density at radius 3 is 2.87 bits per heavy atom. The second kappa shape index (κ2) is 9.64. The molecule has 0 aromatic heterocycles. The molecular formula is C15H21ClF2N2O3. The van der Waals surface area contributed by atoms with Crippen LogP contribution in [0.15, 0.2) is 24.3 Å². The fraction of sp³-hybridized carbons (Fsp3) is 0.533. The van der Waals surface area contributed by atoms with Crippen LogP contribution in [0.5, 0.6) is 5.75 Å². The number of hydrogen-bond acceptors (Lipinski definition) is 4. The van der Waals surface area contributed by atoms with Crippen molar-refractivity contribution in [3.63, 3.8) is 0 Å². The molecule has 23 heavy (non-hydrogen) atoms. The summed E-state index contributed by atoms with van der Waals surface area (Å²) in [6.45, 7) is 0.829. The lowest BCUT2D eigenvalue weighted by molar-refractivity contribution is -0.125. The minimum absolute atomic E-state index is 0. The highest BCUT2D eigenvalue weighted by Gasteiger charge is 2.20. The highest BCUT2D eigenvalue weighted by molar-refractivity contribution is 5.85. The molecule has 8 heteroatoms. The van der Waals surface area contributed by atoms with Crippen LogP contribution >= 0.6 is 12.4 Å². The van der Waals surface area contributed by atoms with E-state index in [4.69, 9.17) is 4.74 Å². The zero-order valence-electron chi connectivity index (χ0n) is 12.8. The molecule has 0 bridgehead atoms. The summed E-state index contributed by atoms with van der Waals surface area (Å²) >= 11 is 0. The molecule has 130 valence electrons. The third-order valence-electron chi connectivity index (χ3n) is 3.40. The van der Waals surface area contributed by atoms with E-state index in [0.29, 0.717) is 18.7 Å². The maximum absolute atomic E-state index is 12.4. The van der Waals surface area contributed by atoms with E-state index in [1.165, 1.54) is 6.07 Å². The molecule has 2 rings (SSSR count). The SMILES string of the molecule is CC(NC(=O)CC1CNCCO1)c1ccccc1OC(F)F.Cl. The smallest absolute Gasteiger partial charge is 0.387 e. The average Bonchev–Trinajstić information content (AvgIpc) is 2.48. The second-order valence-corrected chi connectivity index (χ2v) is 5.11. The van der Waals surface area contributed by atoms with Crippen molar-refractivity contribution in [2.24, 2.45) is 0 Å². The third-order valence-corrected chi connectivity index (χ3v) is 3.40. The van der Waals surface area contributed by atoms with Crippen molar-refractivity contribution in [3.05, 3.63) is 29.8 Å². The lowest BCUT2D eigenvalue weighted by Crippen LogP contribution is -2.41. The lowest BCUT2D eigenvalue weighted by Gasteiger charge is -2.24. The van der Waals surface area contributed by atoms with E-state index < -0.39 is 12.7 Å². The minimum atomic E-state index is -2.90. The molecule has 1 aliphatic rings. The first-order valence-electron chi connectivity index (χ1n) is 7.21. The summed E-state index contributed by atoms with van der Waals surface area (Å²) in [6, 6.07) is 6.00. The number of amides is 1. The number of carbonyl (C=O) groups is 1. The topological polar surface area (TPSA) is 59.6 Å². The monoisotopic (exact) mass is 350 g/mol. The number of benzene rings is 1. The highest BCUT2D eigenvalue weighted by atomic mass is 35.5. The predicted molar refractivity (Wildman–Crippen MR) is 84.1 cm³/mol. The average molecular weight is 351 g/mol. The Kier molecular flexibility index (Phi) is 8.22. The summed E-state index contributed by atoms with van der Waals surface area (Å²) in [5, 5.41) is 5.93. The van der Waals surface area contributed by atoms with Crippen molar-refractivity contribution in [2.75, 3.05) is 19.7 Å². The molecule has 0 aliphatic carbocycles. The number of hydrogen-bond donors (Lipinski definition) is 2. The summed E-state index contributed by atoms with van der Waals surface area (Å²) in [5.74, 6) is -0.117. The molecular weight excluding hydrogens is 330 g/mol. The van der Waals surface area contributed by atoms with E-state index in [0.717, 1.165) is 6.54 Å². The number of morpholine rings is 1. The summed E-state index contributed by atoms with van der Waals surface area (Å²) in [7, 11) is 0. The molecule has 2 unspecified atom stereocenters. The maximum atomic E-state index is 12.4. The van der Waals surface area contributed by atoms with E-state index >= 15 is 0 Å². The lowest BCUT2D eigenvalue weighted by atomic mass is 10.1. The number of ether oxygens (including phenoxy) is 2. The fourth-order valence-corrected chi connectivity index (χ4v) is 2.38. The molecule has 1 saturated heterocycles. The molecule has 1 aromatic rings. The number of alkyl halides is 2. The Morgan fingerprint density at radius 2 is 2.22 bits per heavy atom. The molecule has 0 spiro atoms. The zero-order valence-corrected chi connectivity index (χ0v) is 13.6. The Labute approximate surface area is 140 Å². The molecule has 2 atom stereocenters. The number of para-hydroxylation sites is 1. The zero-order chi connectivity index (χ0) is 15.9. The first-order chi connectivity index (χ1) is 10.6. The van der Waals surface area contributed by atoms with Gasteiger partial charge in [0, 0.05) is 18.7 Å². The van der Waals surface area contributed by atoms with Gasteiger partial charge >= 0.3 is 6.61 Å². The molecule has 2 N–H and O–H groups in total. The van der Waals surface area contributed by atoms with Gasteiger partial charge < -0.3 is 20.1 Å². The van der Waals surface area contributed by atoms with Gasteiger partial charge in [0.15, 0.2) is 0 Å². The van der Waals surface area contributed by atoms with Crippen molar-refractivity contribution >= 4 is 18.3 Å². The van der Waals surface area contributed by atoms with Gasteiger partial charge in [-0.1, -0.05) is 18.2 Å². The number of carbonyl (C=O) groups excluding carboxylic acids is 1. The van der Waals surface area contributed by atoms with Crippen LogP contribution in [0, 0.1) is 0 Å². The van der Waals surface area contributed by atoms with Crippen LogP contribution in [0.1, 0.15) is 24.9 Å². The van der Waals surface area contributed by atoms with Crippen LogP contribution in [0.2, 0.25) is 0 Å². The summed E-state index contributed by atoms with van der Waals surface area (Å²) in [6.07, 6.45) is 0.0726. The predicted octanol–water partition coefficient (Wildman–Crippen LogP) is 2.27. The van der Waals surface area contributed by atoms with E-state index in [-0.39, 0.29) is 36.6 Å². The summed E-state index contributed by atoms with van der Waals surface area (Å²) < 4.78 is 34.7. The Hall–Kier alpha value is -1.44. The van der Waals surface area contributed by atoms with Crippen LogP contribution < -0.4 is 15.4 Å². The number of halogens is 3. The van der Waals surface area contributed by atoms with Gasteiger partial charge in [0.25, 0.3) is 0 Å². The number of rotatable bonds is 6. The number of nitrogens with one attached hydrogen (secondary N) is 2. The van der Waals surface area contributed by atoms with Crippen molar-refractivity contribution in [1.29, 1.82) is 0 Å². The summed E-state index contributed by atoms with van der Waals surface area (Å²) in [5.41, 5.74) is 0.513. The maximum Gasteiger partial charge on any atom is 0.387 e. The van der Waals surface area contributed by atoms with Crippen molar-refractivity contribution in [3.8, 4) is 5.75 Å². The molecule has 1 aliphatic heterocycles. The van der Waals surface area contributed by atoms with Crippen molar-refractivity contribution in [2.45, 2.75) is 32.1 Å². The molecule has 1 fully saturated rings. The van der Waals surface area contributed by atoms with E-state index in [1.54, 1.807) is 25.1 Å². The molecule has 1 aromatic carbocycles.